The van der Waals surface area contributed by atoms with Gasteiger partial charge in [-0.25, -0.2) is 0 Å². The van der Waals surface area contributed by atoms with E-state index in [9.17, 15) is 0 Å². The predicted molar refractivity (Wildman–Crippen MR) is 134 cm³/mol. The minimum absolute atomic E-state index is 0. The molecule has 0 atom stereocenters. The standard InChI is InChI=1S/C23H39N5.HI/c1-4-20-10-6-7-11-21(20)18-25-22(24-2)26-19-23(12-16-27(3)17-13-23)28-14-8-5-9-15-28;/h6-7,10-11H,4-5,8-9,12-19H2,1-3H3,(H2,24,25,26);1H. The Morgan fingerprint density at radius 1 is 1.00 bits per heavy atom. The first-order valence-electron chi connectivity index (χ1n) is 11.1. The largest absolute Gasteiger partial charge is 0.355 e. The SMILES string of the molecule is CCc1ccccc1CNC(=NC)NCC1(N2CCCCC2)CCN(C)CC1.I. The maximum absolute atomic E-state index is 4.50. The van der Waals surface area contributed by atoms with E-state index in [0.717, 1.165) is 25.5 Å². The number of halogens is 1. The molecule has 1 aromatic carbocycles. The smallest absolute Gasteiger partial charge is 0.191 e. The van der Waals surface area contributed by atoms with E-state index in [2.05, 4.69) is 63.7 Å². The van der Waals surface area contributed by atoms with Crippen LogP contribution in [-0.4, -0.2) is 68.1 Å². The summed E-state index contributed by atoms with van der Waals surface area (Å²) in [5, 5.41) is 7.22. The molecule has 0 saturated carbocycles. The van der Waals surface area contributed by atoms with E-state index in [4.69, 9.17) is 0 Å². The number of likely N-dealkylation sites (tertiary alicyclic amines) is 2. The summed E-state index contributed by atoms with van der Waals surface area (Å²) in [6, 6.07) is 8.68. The second kappa shape index (κ2) is 12.1. The summed E-state index contributed by atoms with van der Waals surface area (Å²) in [5.74, 6) is 0.918. The Balaban J connectivity index is 0.00000300. The molecule has 0 bridgehead atoms. The zero-order valence-corrected chi connectivity index (χ0v) is 20.9. The Kier molecular flexibility index (Phi) is 10.2. The van der Waals surface area contributed by atoms with Gasteiger partial charge >= 0.3 is 0 Å². The molecule has 2 fully saturated rings. The summed E-state index contributed by atoms with van der Waals surface area (Å²) in [4.78, 5) is 9.74. The lowest BCUT2D eigenvalue weighted by Gasteiger charge is -2.50. The highest BCUT2D eigenvalue weighted by Gasteiger charge is 2.39. The van der Waals surface area contributed by atoms with Crippen LogP contribution in [0, 0.1) is 0 Å². The normalized spacial score (nSPS) is 20.7. The fourth-order valence-electron chi connectivity index (χ4n) is 4.73. The van der Waals surface area contributed by atoms with Crippen molar-refractivity contribution in [2.45, 2.75) is 57.5 Å². The lowest BCUT2D eigenvalue weighted by atomic mass is 9.84. The van der Waals surface area contributed by atoms with Gasteiger partial charge in [0.1, 0.15) is 0 Å². The molecule has 1 aromatic rings. The van der Waals surface area contributed by atoms with Crippen LogP contribution < -0.4 is 10.6 Å². The van der Waals surface area contributed by atoms with E-state index in [0.29, 0.717) is 0 Å². The second-order valence-corrected chi connectivity index (χ2v) is 8.48. The number of aryl methyl sites for hydroxylation is 1. The van der Waals surface area contributed by atoms with E-state index >= 15 is 0 Å². The molecule has 0 amide bonds. The van der Waals surface area contributed by atoms with Crippen molar-refractivity contribution in [1.82, 2.24) is 20.4 Å². The average Bonchev–Trinajstić information content (AvgIpc) is 2.76. The van der Waals surface area contributed by atoms with Crippen molar-refractivity contribution in [3.05, 3.63) is 35.4 Å². The maximum atomic E-state index is 4.50. The molecule has 3 rings (SSSR count). The van der Waals surface area contributed by atoms with Crippen LogP contribution in [0.1, 0.15) is 50.2 Å². The molecule has 0 radical (unpaired) electrons. The van der Waals surface area contributed by atoms with Crippen molar-refractivity contribution in [2.75, 3.05) is 46.8 Å². The molecule has 0 unspecified atom stereocenters. The lowest BCUT2D eigenvalue weighted by Crippen LogP contribution is -2.62. The minimum atomic E-state index is 0. The number of aliphatic imine (C=N–C) groups is 1. The van der Waals surface area contributed by atoms with Gasteiger partial charge in [0.2, 0.25) is 0 Å². The second-order valence-electron chi connectivity index (χ2n) is 8.48. The highest BCUT2D eigenvalue weighted by molar-refractivity contribution is 14.0. The Morgan fingerprint density at radius 3 is 2.28 bits per heavy atom. The molecule has 164 valence electrons. The Hall–Kier alpha value is -0.860. The van der Waals surface area contributed by atoms with E-state index in [-0.39, 0.29) is 29.5 Å². The molecular weight excluding hydrogens is 473 g/mol. The van der Waals surface area contributed by atoms with Gasteiger partial charge < -0.3 is 15.5 Å². The van der Waals surface area contributed by atoms with Crippen molar-refractivity contribution in [3.63, 3.8) is 0 Å². The van der Waals surface area contributed by atoms with Gasteiger partial charge in [-0.1, -0.05) is 37.6 Å². The van der Waals surface area contributed by atoms with E-state index in [1.165, 1.54) is 69.4 Å². The van der Waals surface area contributed by atoms with Crippen LogP contribution in [-0.2, 0) is 13.0 Å². The average molecular weight is 514 g/mol. The van der Waals surface area contributed by atoms with Crippen LogP contribution in [0.2, 0.25) is 0 Å². The van der Waals surface area contributed by atoms with E-state index in [1.54, 1.807) is 0 Å². The van der Waals surface area contributed by atoms with Gasteiger partial charge in [-0.3, -0.25) is 9.89 Å². The first-order chi connectivity index (χ1) is 13.7. The fraction of sp³-hybridized carbons (Fsp3) is 0.696. The summed E-state index contributed by atoms with van der Waals surface area (Å²) in [7, 11) is 4.13. The van der Waals surface area contributed by atoms with Gasteiger partial charge in [-0.05, 0) is 76.5 Å². The van der Waals surface area contributed by atoms with E-state index in [1.807, 2.05) is 7.05 Å². The predicted octanol–water partition coefficient (Wildman–Crippen LogP) is 3.48. The molecule has 0 aromatic heterocycles. The van der Waals surface area contributed by atoms with Crippen molar-refractivity contribution in [3.8, 4) is 0 Å². The summed E-state index contributed by atoms with van der Waals surface area (Å²) >= 11 is 0. The van der Waals surface area contributed by atoms with Gasteiger partial charge in [-0.2, -0.15) is 0 Å². The molecule has 2 saturated heterocycles. The van der Waals surface area contributed by atoms with Crippen LogP contribution in [0.4, 0.5) is 0 Å². The minimum Gasteiger partial charge on any atom is -0.355 e. The molecule has 0 aliphatic carbocycles. The van der Waals surface area contributed by atoms with Crippen LogP contribution in [0.5, 0.6) is 0 Å². The lowest BCUT2D eigenvalue weighted by molar-refractivity contribution is 0.0173. The molecule has 0 spiro atoms. The van der Waals surface area contributed by atoms with Crippen molar-refractivity contribution >= 4 is 29.9 Å². The molecule has 29 heavy (non-hydrogen) atoms. The number of nitrogens with one attached hydrogen (secondary N) is 2. The topological polar surface area (TPSA) is 42.9 Å². The van der Waals surface area contributed by atoms with Crippen LogP contribution in [0.3, 0.4) is 0 Å². The number of benzene rings is 1. The molecule has 2 aliphatic heterocycles. The molecule has 6 heteroatoms. The third-order valence-corrected chi connectivity index (χ3v) is 6.70. The highest BCUT2D eigenvalue weighted by Crippen LogP contribution is 2.30. The summed E-state index contributed by atoms with van der Waals surface area (Å²) in [6.45, 7) is 8.90. The number of hydrogen-bond donors (Lipinski definition) is 2. The fourth-order valence-corrected chi connectivity index (χ4v) is 4.73. The van der Waals surface area contributed by atoms with Crippen molar-refractivity contribution in [1.29, 1.82) is 0 Å². The Labute approximate surface area is 194 Å². The Bertz CT molecular complexity index is 634. The number of rotatable bonds is 6. The number of piperidine rings is 2. The third-order valence-electron chi connectivity index (χ3n) is 6.70. The zero-order valence-electron chi connectivity index (χ0n) is 18.5. The van der Waals surface area contributed by atoms with Gasteiger partial charge in [0, 0.05) is 25.7 Å². The highest BCUT2D eigenvalue weighted by atomic mass is 127. The number of hydrogen-bond acceptors (Lipinski definition) is 3. The number of nitrogens with zero attached hydrogens (tertiary/aromatic N) is 3. The molecular formula is C23H40IN5. The molecule has 2 heterocycles. The molecule has 5 nitrogen and oxygen atoms in total. The van der Waals surface area contributed by atoms with Gasteiger partial charge in [0.15, 0.2) is 5.96 Å². The first kappa shape index (κ1) is 24.4. The quantitative estimate of drug-likeness (QED) is 0.348. The van der Waals surface area contributed by atoms with Crippen molar-refractivity contribution < 1.29 is 0 Å². The summed E-state index contributed by atoms with van der Waals surface area (Å²) < 4.78 is 0. The Morgan fingerprint density at radius 2 is 1.66 bits per heavy atom. The number of guanidine groups is 1. The first-order valence-corrected chi connectivity index (χ1v) is 11.1. The van der Waals surface area contributed by atoms with Crippen molar-refractivity contribution in [2.24, 2.45) is 4.99 Å². The zero-order chi connectivity index (χ0) is 19.8. The monoisotopic (exact) mass is 513 g/mol. The summed E-state index contributed by atoms with van der Waals surface area (Å²) in [6.07, 6.45) is 7.63. The van der Waals surface area contributed by atoms with Gasteiger partial charge in [0.05, 0.1) is 0 Å². The van der Waals surface area contributed by atoms with Crippen LogP contribution >= 0.6 is 24.0 Å². The van der Waals surface area contributed by atoms with Crippen LogP contribution in [0.25, 0.3) is 0 Å². The summed E-state index contributed by atoms with van der Waals surface area (Å²) in [5.41, 5.74) is 3.04. The van der Waals surface area contributed by atoms with Gasteiger partial charge in [-0.15, -0.1) is 24.0 Å². The molecule has 2 aliphatic rings. The third kappa shape index (κ3) is 6.56. The van der Waals surface area contributed by atoms with Gasteiger partial charge in [0.25, 0.3) is 0 Å². The van der Waals surface area contributed by atoms with Crippen LogP contribution in [0.15, 0.2) is 29.3 Å². The maximum Gasteiger partial charge on any atom is 0.191 e. The van der Waals surface area contributed by atoms with E-state index < -0.39 is 0 Å². The molecule has 2 N–H and O–H groups in total.